The average Bonchev–Trinajstić information content (AvgIpc) is 1.65. The number of carbonyl (C=O) groups is 1. The Morgan fingerprint density at radius 1 is 1.86 bits per heavy atom. The maximum atomic E-state index is 11.4. The first-order chi connectivity index (χ1) is 3.18. The molecule has 0 saturated heterocycles. The van der Waals surface area contributed by atoms with Crippen LogP contribution in [0.4, 0.5) is 4.39 Å². The first-order valence-corrected chi connectivity index (χ1v) is 1.54. The zero-order chi connectivity index (χ0) is 5.86. The fraction of sp³-hybridized carbons (Fsp3) is 0. The van der Waals surface area contributed by atoms with Crippen LogP contribution < -0.4 is 0 Å². The summed E-state index contributed by atoms with van der Waals surface area (Å²) in [5.41, 5.74) is 0. The van der Waals surface area contributed by atoms with Gasteiger partial charge in [0.25, 0.3) is 5.78 Å². The third kappa shape index (κ3) is 1.72. The molecular weight excluding hydrogens is 95.1 g/mol. The van der Waals surface area contributed by atoms with E-state index in [2.05, 4.69) is 13.0 Å². The van der Waals surface area contributed by atoms with E-state index in [-0.39, 0.29) is 0 Å². The van der Waals surface area contributed by atoms with Gasteiger partial charge in [-0.3, -0.25) is 4.79 Å². The zero-order valence-corrected chi connectivity index (χ0v) is 3.57. The van der Waals surface area contributed by atoms with Crippen LogP contribution in [0, 0.1) is 12.3 Å². The molecule has 0 aliphatic rings. The van der Waals surface area contributed by atoms with Crippen molar-refractivity contribution in [2.24, 2.45) is 0 Å². The van der Waals surface area contributed by atoms with Crippen LogP contribution in [0.2, 0.25) is 0 Å². The molecule has 0 unspecified atom stereocenters. The van der Waals surface area contributed by atoms with E-state index in [0.717, 1.165) is 0 Å². The molecule has 1 nitrogen and oxygen atoms in total. The maximum absolute atomic E-state index is 11.4. The zero-order valence-electron chi connectivity index (χ0n) is 3.57. The highest BCUT2D eigenvalue weighted by Crippen LogP contribution is 1.88. The fourth-order valence-electron chi connectivity index (χ4n) is 0.0783. The monoisotopic (exact) mass is 98.0 g/mol. The summed E-state index contributed by atoms with van der Waals surface area (Å²) < 4.78 is 11.4. The van der Waals surface area contributed by atoms with E-state index in [4.69, 9.17) is 0 Å². The van der Waals surface area contributed by atoms with Gasteiger partial charge in [-0.05, 0) is 5.92 Å². The molecule has 0 aromatic rings. The molecule has 0 aliphatic carbocycles. The van der Waals surface area contributed by atoms with E-state index in [0.29, 0.717) is 0 Å². The van der Waals surface area contributed by atoms with Crippen molar-refractivity contribution in [3.8, 4) is 12.3 Å². The third-order valence-electron chi connectivity index (χ3n) is 0.377. The molecule has 0 spiro atoms. The lowest BCUT2D eigenvalue weighted by molar-refractivity contribution is -0.111. The largest absolute Gasteiger partial charge is 0.277 e. The number of allylic oxidation sites excluding steroid dienone is 1. The first kappa shape index (κ1) is 5.90. The summed E-state index contributed by atoms with van der Waals surface area (Å²) >= 11 is 0. The summed E-state index contributed by atoms with van der Waals surface area (Å²) in [5, 5.41) is 0. The van der Waals surface area contributed by atoms with Gasteiger partial charge in [0.15, 0.2) is 5.83 Å². The van der Waals surface area contributed by atoms with Crippen molar-refractivity contribution in [3.63, 3.8) is 0 Å². The average molecular weight is 98.1 g/mol. The Morgan fingerprint density at radius 3 is 2.29 bits per heavy atom. The smallest absolute Gasteiger partial charge is 0.263 e. The van der Waals surface area contributed by atoms with E-state index >= 15 is 0 Å². The molecule has 0 aromatic carbocycles. The van der Waals surface area contributed by atoms with Crippen LogP contribution in [-0.2, 0) is 4.79 Å². The molecule has 0 amide bonds. The second-order valence-electron chi connectivity index (χ2n) is 0.878. The van der Waals surface area contributed by atoms with Crippen LogP contribution in [0.3, 0.4) is 0 Å². The number of hydrogen-bond donors (Lipinski definition) is 0. The predicted molar refractivity (Wildman–Crippen MR) is 24.1 cm³/mol. The molecule has 0 atom stereocenters. The summed E-state index contributed by atoms with van der Waals surface area (Å²) in [5.74, 6) is -0.516. The highest BCUT2D eigenvalue weighted by Gasteiger charge is 1.96. The molecule has 0 saturated carbocycles. The van der Waals surface area contributed by atoms with Crippen molar-refractivity contribution >= 4 is 5.78 Å². The molecule has 0 heterocycles. The number of Topliss-reactive ketones (excluding diaryl/α,β-unsaturated/α-hetero) is 1. The van der Waals surface area contributed by atoms with Crippen molar-refractivity contribution in [2.75, 3.05) is 0 Å². The summed E-state index contributed by atoms with van der Waals surface area (Å²) in [6.07, 6.45) is 4.47. The van der Waals surface area contributed by atoms with Crippen molar-refractivity contribution in [1.82, 2.24) is 0 Å². The minimum atomic E-state index is -1.08. The second-order valence-corrected chi connectivity index (χ2v) is 0.878. The summed E-state index contributed by atoms with van der Waals surface area (Å²) in [6.45, 7) is 2.67. The quantitative estimate of drug-likeness (QED) is 0.267. The molecule has 0 aromatic heterocycles. The Hall–Kier alpha value is -1.10. The molecule has 0 bridgehead atoms. The van der Waals surface area contributed by atoms with E-state index in [1.165, 1.54) is 0 Å². The first-order valence-electron chi connectivity index (χ1n) is 1.54. The normalized spacial score (nSPS) is 6.86. The van der Waals surface area contributed by atoms with Gasteiger partial charge in [-0.1, -0.05) is 6.58 Å². The van der Waals surface area contributed by atoms with Crippen molar-refractivity contribution < 1.29 is 9.18 Å². The van der Waals surface area contributed by atoms with E-state index in [1.807, 2.05) is 0 Å². The molecule has 0 rings (SSSR count). The van der Waals surface area contributed by atoms with Gasteiger partial charge in [-0.2, -0.15) is 0 Å². The standard InChI is InChI=1S/C5H3FO/c1-3-5(7)4(2)6/h1H,2H2. The molecule has 7 heavy (non-hydrogen) atoms. The summed E-state index contributed by atoms with van der Waals surface area (Å²) in [7, 11) is 0. The lowest BCUT2D eigenvalue weighted by atomic mass is 10.4. The minimum Gasteiger partial charge on any atom is -0.277 e. The molecule has 0 N–H and O–H groups in total. The third-order valence-corrected chi connectivity index (χ3v) is 0.377. The number of ketones is 1. The molecular formula is C5H3FO. The maximum Gasteiger partial charge on any atom is 0.263 e. The second kappa shape index (κ2) is 2.14. The molecule has 0 aliphatic heterocycles. The highest BCUT2D eigenvalue weighted by molar-refractivity contribution is 6.05. The number of halogens is 1. The summed E-state index contributed by atoms with van der Waals surface area (Å²) in [4.78, 5) is 9.80. The van der Waals surface area contributed by atoms with Gasteiger partial charge in [0.05, 0.1) is 0 Å². The van der Waals surface area contributed by atoms with Crippen LogP contribution in [0.25, 0.3) is 0 Å². The SMILES string of the molecule is C#CC(=O)C(=C)F. The number of carbonyl (C=O) groups excluding carboxylic acids is 1. The highest BCUT2D eigenvalue weighted by atomic mass is 19.1. The van der Waals surface area contributed by atoms with Gasteiger partial charge < -0.3 is 0 Å². The van der Waals surface area contributed by atoms with Crippen LogP contribution in [0.1, 0.15) is 0 Å². The van der Waals surface area contributed by atoms with Crippen LogP contribution in [0.5, 0.6) is 0 Å². The topological polar surface area (TPSA) is 17.1 Å². The Labute approximate surface area is 40.8 Å². The van der Waals surface area contributed by atoms with Crippen molar-refractivity contribution in [3.05, 3.63) is 12.4 Å². The lowest BCUT2D eigenvalue weighted by Gasteiger charge is -1.75. The Balaban J connectivity index is 3.90. The van der Waals surface area contributed by atoms with Crippen LogP contribution in [0.15, 0.2) is 12.4 Å². The van der Waals surface area contributed by atoms with Gasteiger partial charge >= 0.3 is 0 Å². The lowest BCUT2D eigenvalue weighted by Crippen LogP contribution is -1.88. The van der Waals surface area contributed by atoms with Gasteiger partial charge in [0, 0.05) is 0 Å². The predicted octanol–water partition coefficient (Wildman–Crippen LogP) is 0.672. The van der Waals surface area contributed by atoms with Crippen molar-refractivity contribution in [1.29, 1.82) is 0 Å². The fourth-order valence-corrected chi connectivity index (χ4v) is 0.0783. The van der Waals surface area contributed by atoms with E-state index in [9.17, 15) is 9.18 Å². The molecule has 36 valence electrons. The number of terminal acetylenes is 1. The Morgan fingerprint density at radius 2 is 2.29 bits per heavy atom. The minimum absolute atomic E-state index is 0.986. The molecule has 0 fully saturated rings. The Kier molecular flexibility index (Phi) is 1.80. The Bertz CT molecular complexity index is 141. The van der Waals surface area contributed by atoms with E-state index < -0.39 is 11.6 Å². The van der Waals surface area contributed by atoms with Crippen molar-refractivity contribution in [2.45, 2.75) is 0 Å². The van der Waals surface area contributed by atoms with Gasteiger partial charge in [-0.15, -0.1) is 6.42 Å². The van der Waals surface area contributed by atoms with Crippen LogP contribution in [-0.4, -0.2) is 5.78 Å². The number of rotatable bonds is 1. The van der Waals surface area contributed by atoms with Gasteiger partial charge in [0.1, 0.15) is 0 Å². The van der Waals surface area contributed by atoms with Crippen LogP contribution >= 0.6 is 0 Å². The molecule has 0 radical (unpaired) electrons. The van der Waals surface area contributed by atoms with E-state index in [1.54, 1.807) is 5.92 Å². The molecule has 2 heteroatoms. The van der Waals surface area contributed by atoms with Gasteiger partial charge in [-0.25, -0.2) is 4.39 Å². The summed E-state index contributed by atoms with van der Waals surface area (Å²) in [6, 6.07) is 0. The van der Waals surface area contributed by atoms with Gasteiger partial charge in [0.2, 0.25) is 0 Å². The number of hydrogen-bond acceptors (Lipinski definition) is 1.